The minimum atomic E-state index is -0.108. The van der Waals surface area contributed by atoms with Gasteiger partial charge in [-0.3, -0.25) is 4.79 Å². The second kappa shape index (κ2) is 7.70. The molecule has 0 aromatic heterocycles. The Hall–Kier alpha value is -2.34. The lowest BCUT2D eigenvalue weighted by Gasteiger charge is -2.26. The summed E-state index contributed by atoms with van der Waals surface area (Å²) in [6.45, 7) is 0.686. The number of methoxy groups -OCH3 is 3. The minimum Gasteiger partial charge on any atom is -0.497 e. The van der Waals surface area contributed by atoms with E-state index in [4.69, 9.17) is 14.2 Å². The Morgan fingerprint density at radius 3 is 2.52 bits per heavy atom. The highest BCUT2D eigenvalue weighted by Gasteiger charge is 2.33. The van der Waals surface area contributed by atoms with Gasteiger partial charge in [-0.25, -0.2) is 0 Å². The molecule has 1 amide bonds. The summed E-state index contributed by atoms with van der Waals surface area (Å²) in [7, 11) is 4.87. The second-order valence-electron chi connectivity index (χ2n) is 5.56. The third-order valence-electron chi connectivity index (χ3n) is 4.17. The molecule has 0 aliphatic carbocycles. The molecule has 0 saturated carbocycles. The molecule has 0 N–H and O–H groups in total. The van der Waals surface area contributed by atoms with E-state index < -0.39 is 0 Å². The number of hydrogen-bond donors (Lipinski definition) is 0. The van der Waals surface area contributed by atoms with Gasteiger partial charge in [-0.15, -0.1) is 11.8 Å². The number of carbonyl (C=O) groups is 1. The molecule has 132 valence electrons. The van der Waals surface area contributed by atoms with Crippen LogP contribution in [0.25, 0.3) is 0 Å². The van der Waals surface area contributed by atoms with Crippen LogP contribution in [-0.2, 0) is 0 Å². The molecule has 3 rings (SSSR count). The highest BCUT2D eigenvalue weighted by atomic mass is 32.2. The van der Waals surface area contributed by atoms with Crippen molar-refractivity contribution < 1.29 is 19.0 Å². The van der Waals surface area contributed by atoms with Crippen molar-refractivity contribution in [2.24, 2.45) is 0 Å². The van der Waals surface area contributed by atoms with Crippen LogP contribution in [0, 0.1) is 0 Å². The Bertz CT molecular complexity index is 765. The van der Waals surface area contributed by atoms with E-state index in [2.05, 4.69) is 0 Å². The molecule has 0 radical (unpaired) electrons. The molecular formula is C19H21NO4S. The highest BCUT2D eigenvalue weighted by molar-refractivity contribution is 7.99. The van der Waals surface area contributed by atoms with Crippen molar-refractivity contribution in [3.63, 3.8) is 0 Å². The van der Waals surface area contributed by atoms with E-state index in [1.54, 1.807) is 39.2 Å². The van der Waals surface area contributed by atoms with Crippen LogP contribution in [0.1, 0.15) is 21.3 Å². The summed E-state index contributed by atoms with van der Waals surface area (Å²) in [5, 5.41) is -0.108. The van der Waals surface area contributed by atoms with Crippen LogP contribution in [-0.4, -0.2) is 44.4 Å². The largest absolute Gasteiger partial charge is 0.497 e. The fourth-order valence-electron chi connectivity index (χ4n) is 2.89. The van der Waals surface area contributed by atoms with Crippen molar-refractivity contribution in [3.8, 4) is 17.2 Å². The summed E-state index contributed by atoms with van der Waals surface area (Å²) in [6.07, 6.45) is 0. The predicted octanol–water partition coefficient (Wildman–Crippen LogP) is 3.60. The number of nitrogens with zero attached hydrogens (tertiary/aromatic N) is 1. The minimum absolute atomic E-state index is 0.0150. The Morgan fingerprint density at radius 2 is 1.80 bits per heavy atom. The summed E-state index contributed by atoms with van der Waals surface area (Å²) in [6, 6.07) is 12.9. The molecule has 0 bridgehead atoms. The Balaban J connectivity index is 1.93. The molecule has 1 heterocycles. The fraction of sp³-hybridized carbons (Fsp3) is 0.316. The molecule has 6 heteroatoms. The van der Waals surface area contributed by atoms with Crippen LogP contribution in [0.15, 0.2) is 42.5 Å². The first-order valence-electron chi connectivity index (χ1n) is 7.96. The third-order valence-corrected chi connectivity index (χ3v) is 5.41. The van der Waals surface area contributed by atoms with Gasteiger partial charge in [0.05, 0.1) is 21.3 Å². The van der Waals surface area contributed by atoms with Crippen molar-refractivity contribution in [2.75, 3.05) is 33.6 Å². The summed E-state index contributed by atoms with van der Waals surface area (Å²) in [5.41, 5.74) is 1.56. The van der Waals surface area contributed by atoms with E-state index >= 15 is 0 Å². The molecule has 2 aromatic carbocycles. The van der Waals surface area contributed by atoms with Crippen molar-refractivity contribution in [2.45, 2.75) is 5.37 Å². The third kappa shape index (κ3) is 3.54. The zero-order valence-electron chi connectivity index (χ0n) is 14.5. The number of amides is 1. The molecule has 5 nitrogen and oxygen atoms in total. The molecule has 25 heavy (non-hydrogen) atoms. The van der Waals surface area contributed by atoms with Crippen LogP contribution >= 0.6 is 11.8 Å². The van der Waals surface area contributed by atoms with Gasteiger partial charge in [0, 0.05) is 23.4 Å². The number of rotatable bonds is 5. The van der Waals surface area contributed by atoms with E-state index in [-0.39, 0.29) is 11.3 Å². The van der Waals surface area contributed by atoms with E-state index in [1.165, 1.54) is 0 Å². The molecule has 1 aliphatic heterocycles. The normalized spacial score (nSPS) is 16.6. The molecule has 1 aliphatic rings. The zero-order chi connectivity index (χ0) is 17.8. The zero-order valence-corrected chi connectivity index (χ0v) is 15.3. The van der Waals surface area contributed by atoms with Gasteiger partial charge >= 0.3 is 0 Å². The average Bonchev–Trinajstić information content (AvgIpc) is 3.16. The first kappa shape index (κ1) is 17.5. The van der Waals surface area contributed by atoms with Crippen molar-refractivity contribution in [1.29, 1.82) is 0 Å². The Kier molecular flexibility index (Phi) is 5.38. The predicted molar refractivity (Wildman–Crippen MR) is 98.8 cm³/mol. The number of ether oxygens (including phenoxy) is 3. The van der Waals surface area contributed by atoms with Gasteiger partial charge in [0.1, 0.15) is 22.6 Å². The maximum Gasteiger partial charge on any atom is 0.255 e. The van der Waals surface area contributed by atoms with Crippen LogP contribution in [0.4, 0.5) is 0 Å². The first-order valence-corrected chi connectivity index (χ1v) is 9.01. The SMILES string of the molecule is COc1cccc(C(=O)N2CCS[C@@H]2c2cc(OC)ccc2OC)c1. The number of hydrogen-bond acceptors (Lipinski definition) is 5. The van der Waals surface area contributed by atoms with Crippen LogP contribution in [0.5, 0.6) is 17.2 Å². The van der Waals surface area contributed by atoms with Gasteiger partial charge in [-0.1, -0.05) is 6.07 Å². The molecule has 0 spiro atoms. The van der Waals surface area contributed by atoms with Gasteiger partial charge in [-0.05, 0) is 36.4 Å². The topological polar surface area (TPSA) is 48.0 Å². The van der Waals surface area contributed by atoms with E-state index in [0.29, 0.717) is 17.9 Å². The van der Waals surface area contributed by atoms with Crippen LogP contribution in [0.3, 0.4) is 0 Å². The lowest BCUT2D eigenvalue weighted by molar-refractivity contribution is 0.0759. The fourth-order valence-corrected chi connectivity index (χ4v) is 4.16. The smallest absolute Gasteiger partial charge is 0.255 e. The number of thioether (sulfide) groups is 1. The standard InChI is InChI=1S/C19H21NO4S/c1-22-14-6-4-5-13(11-14)18(21)20-9-10-25-19(20)16-12-15(23-2)7-8-17(16)24-3/h4-8,11-12,19H,9-10H2,1-3H3/t19-/m1/s1. The summed E-state index contributed by atoms with van der Waals surface area (Å²) >= 11 is 1.72. The maximum absolute atomic E-state index is 13.0. The molecular weight excluding hydrogens is 338 g/mol. The summed E-state index contributed by atoms with van der Waals surface area (Å²) in [4.78, 5) is 14.9. The first-order chi connectivity index (χ1) is 12.2. The van der Waals surface area contributed by atoms with E-state index in [0.717, 1.165) is 22.8 Å². The average molecular weight is 359 g/mol. The molecule has 1 atom stereocenters. The van der Waals surface area contributed by atoms with Crippen molar-refractivity contribution in [1.82, 2.24) is 4.90 Å². The quantitative estimate of drug-likeness (QED) is 0.816. The Morgan fingerprint density at radius 1 is 1.04 bits per heavy atom. The highest BCUT2D eigenvalue weighted by Crippen LogP contribution is 2.43. The molecule has 1 fully saturated rings. The van der Waals surface area contributed by atoms with Gasteiger partial charge in [-0.2, -0.15) is 0 Å². The monoisotopic (exact) mass is 359 g/mol. The molecule has 1 saturated heterocycles. The van der Waals surface area contributed by atoms with Gasteiger partial charge in [0.2, 0.25) is 0 Å². The van der Waals surface area contributed by atoms with Gasteiger partial charge in [0.25, 0.3) is 5.91 Å². The van der Waals surface area contributed by atoms with Crippen molar-refractivity contribution in [3.05, 3.63) is 53.6 Å². The van der Waals surface area contributed by atoms with Crippen molar-refractivity contribution >= 4 is 17.7 Å². The van der Waals surface area contributed by atoms with Gasteiger partial charge < -0.3 is 19.1 Å². The van der Waals surface area contributed by atoms with Gasteiger partial charge in [0.15, 0.2) is 0 Å². The summed E-state index contributed by atoms with van der Waals surface area (Å²) < 4.78 is 16.1. The maximum atomic E-state index is 13.0. The lowest BCUT2D eigenvalue weighted by atomic mass is 10.1. The second-order valence-corrected chi connectivity index (χ2v) is 6.75. The molecule has 2 aromatic rings. The summed E-state index contributed by atoms with van der Waals surface area (Å²) in [5.74, 6) is 3.04. The van der Waals surface area contributed by atoms with Crippen LogP contribution < -0.4 is 14.2 Å². The lowest BCUT2D eigenvalue weighted by Crippen LogP contribution is -2.30. The van der Waals surface area contributed by atoms with E-state index in [1.807, 2.05) is 41.3 Å². The number of carbonyl (C=O) groups excluding carboxylic acids is 1. The Labute approximate surface area is 151 Å². The number of benzene rings is 2. The van der Waals surface area contributed by atoms with Crippen LogP contribution in [0.2, 0.25) is 0 Å². The molecule has 0 unspecified atom stereocenters. The van der Waals surface area contributed by atoms with E-state index in [9.17, 15) is 4.79 Å².